The van der Waals surface area contributed by atoms with Crippen LogP contribution in [0.25, 0.3) is 5.57 Å². The molecule has 0 fully saturated rings. The summed E-state index contributed by atoms with van der Waals surface area (Å²) in [4.78, 5) is 1.03. The van der Waals surface area contributed by atoms with Crippen LogP contribution in [0.1, 0.15) is 24.5 Å². The summed E-state index contributed by atoms with van der Waals surface area (Å²) in [5.41, 5.74) is 6.43. The van der Waals surface area contributed by atoms with E-state index >= 15 is 0 Å². The molecule has 0 amide bonds. The predicted octanol–water partition coefficient (Wildman–Crippen LogP) is 4.99. The van der Waals surface area contributed by atoms with Crippen molar-refractivity contribution in [3.8, 4) is 0 Å². The van der Waals surface area contributed by atoms with E-state index in [1.807, 2.05) is 6.07 Å². The second-order valence-corrected chi connectivity index (χ2v) is 5.96. The monoisotopic (exact) mass is 266 g/mol. The van der Waals surface area contributed by atoms with E-state index in [1.165, 1.54) is 22.3 Å². The van der Waals surface area contributed by atoms with Crippen LogP contribution >= 0.6 is 12.6 Å². The smallest absolute Gasteiger partial charge is 0.00432 e. The second kappa shape index (κ2) is 4.90. The molecule has 1 heteroatoms. The SMILES string of the molecule is C=C1/C(=C/C2=CCC(C)C=C2)Cc2cc(S)ccc21. The Morgan fingerprint density at radius 2 is 2.21 bits per heavy atom. The van der Waals surface area contributed by atoms with Gasteiger partial charge in [-0.25, -0.2) is 0 Å². The molecule has 1 atom stereocenters. The molecule has 0 saturated carbocycles. The molecule has 0 aliphatic heterocycles. The molecule has 0 N–H and O–H groups in total. The van der Waals surface area contributed by atoms with Crippen LogP contribution in [-0.2, 0) is 6.42 Å². The molecule has 96 valence electrons. The number of rotatable bonds is 1. The quantitative estimate of drug-likeness (QED) is 0.680. The molecule has 0 spiro atoms. The van der Waals surface area contributed by atoms with Gasteiger partial charge in [-0.15, -0.1) is 12.6 Å². The zero-order chi connectivity index (χ0) is 13.4. The van der Waals surface area contributed by atoms with Crippen molar-refractivity contribution in [2.24, 2.45) is 5.92 Å². The van der Waals surface area contributed by atoms with Crippen LogP contribution in [0.15, 0.2) is 65.1 Å². The molecule has 0 bridgehead atoms. The molecule has 2 aliphatic rings. The van der Waals surface area contributed by atoms with Gasteiger partial charge >= 0.3 is 0 Å². The lowest BCUT2D eigenvalue weighted by Crippen LogP contribution is -1.93. The number of hydrogen-bond donors (Lipinski definition) is 1. The molecule has 0 nitrogen and oxygen atoms in total. The van der Waals surface area contributed by atoms with Gasteiger partial charge in [0.2, 0.25) is 0 Å². The molecule has 1 aromatic rings. The lowest BCUT2D eigenvalue weighted by atomic mass is 9.96. The van der Waals surface area contributed by atoms with Crippen molar-refractivity contribution in [2.75, 3.05) is 0 Å². The highest BCUT2D eigenvalue weighted by molar-refractivity contribution is 7.80. The Morgan fingerprint density at radius 1 is 1.37 bits per heavy atom. The van der Waals surface area contributed by atoms with Crippen molar-refractivity contribution in [3.05, 3.63) is 71.4 Å². The minimum absolute atomic E-state index is 0.665. The molecule has 2 aliphatic carbocycles. The number of hydrogen-bond acceptors (Lipinski definition) is 1. The van der Waals surface area contributed by atoms with Gasteiger partial charge in [0.25, 0.3) is 0 Å². The summed E-state index contributed by atoms with van der Waals surface area (Å²) in [7, 11) is 0. The highest BCUT2D eigenvalue weighted by atomic mass is 32.1. The molecule has 19 heavy (non-hydrogen) atoms. The van der Waals surface area contributed by atoms with Crippen LogP contribution in [0, 0.1) is 5.92 Å². The van der Waals surface area contributed by atoms with Gasteiger partial charge in [-0.1, -0.05) is 43.9 Å². The van der Waals surface area contributed by atoms with E-state index in [4.69, 9.17) is 0 Å². The summed E-state index contributed by atoms with van der Waals surface area (Å²) in [6.07, 6.45) is 11.2. The van der Waals surface area contributed by atoms with E-state index in [1.54, 1.807) is 0 Å². The van der Waals surface area contributed by atoms with Gasteiger partial charge in [-0.2, -0.15) is 0 Å². The van der Waals surface area contributed by atoms with E-state index in [-0.39, 0.29) is 0 Å². The standard InChI is InChI=1S/C18H18S/c1-12-3-5-14(6-4-12)9-15-10-16-11-17(19)7-8-18(16)13(15)2/h3,5-9,11-12,19H,2,4,10H2,1H3/b15-9+. The van der Waals surface area contributed by atoms with Crippen LogP contribution < -0.4 is 0 Å². The van der Waals surface area contributed by atoms with Crippen LogP contribution in [-0.4, -0.2) is 0 Å². The number of fused-ring (bicyclic) bond motifs is 1. The summed E-state index contributed by atoms with van der Waals surface area (Å²) in [5.74, 6) is 0.665. The fourth-order valence-corrected chi connectivity index (χ4v) is 2.93. The van der Waals surface area contributed by atoms with Crippen LogP contribution in [0.4, 0.5) is 0 Å². The first-order valence-corrected chi connectivity index (χ1v) is 7.18. The molecule has 0 aromatic heterocycles. The summed E-state index contributed by atoms with van der Waals surface area (Å²) < 4.78 is 0. The topological polar surface area (TPSA) is 0 Å². The zero-order valence-electron chi connectivity index (χ0n) is 11.2. The first-order valence-electron chi connectivity index (χ1n) is 6.74. The highest BCUT2D eigenvalue weighted by Crippen LogP contribution is 2.37. The van der Waals surface area contributed by atoms with Gasteiger partial charge in [-0.3, -0.25) is 0 Å². The number of benzene rings is 1. The van der Waals surface area contributed by atoms with Crippen molar-refractivity contribution < 1.29 is 0 Å². The molecule has 0 saturated heterocycles. The summed E-state index contributed by atoms with van der Waals surface area (Å²) >= 11 is 4.41. The van der Waals surface area contributed by atoms with Gasteiger partial charge in [0.15, 0.2) is 0 Å². The zero-order valence-corrected chi connectivity index (χ0v) is 12.1. The van der Waals surface area contributed by atoms with Gasteiger partial charge in [0.1, 0.15) is 0 Å². The first kappa shape index (κ1) is 12.6. The van der Waals surface area contributed by atoms with Crippen molar-refractivity contribution in [2.45, 2.75) is 24.7 Å². The van der Waals surface area contributed by atoms with Crippen LogP contribution in [0.5, 0.6) is 0 Å². The average molecular weight is 266 g/mol. The number of allylic oxidation sites excluding steroid dienone is 7. The van der Waals surface area contributed by atoms with Gasteiger partial charge in [0, 0.05) is 4.90 Å². The Balaban J connectivity index is 1.90. The van der Waals surface area contributed by atoms with Gasteiger partial charge in [0.05, 0.1) is 0 Å². The summed E-state index contributed by atoms with van der Waals surface area (Å²) in [6, 6.07) is 6.32. The minimum Gasteiger partial charge on any atom is -0.143 e. The first-order chi connectivity index (χ1) is 9.13. The lowest BCUT2D eigenvalue weighted by Gasteiger charge is -2.09. The maximum Gasteiger partial charge on any atom is 0.00432 e. The third-order valence-corrected chi connectivity index (χ3v) is 4.14. The summed E-state index contributed by atoms with van der Waals surface area (Å²) in [5, 5.41) is 0. The van der Waals surface area contributed by atoms with E-state index in [0.29, 0.717) is 5.92 Å². The molecule has 0 heterocycles. The predicted molar refractivity (Wildman–Crippen MR) is 85.5 cm³/mol. The highest BCUT2D eigenvalue weighted by Gasteiger charge is 2.19. The van der Waals surface area contributed by atoms with Crippen molar-refractivity contribution in [3.63, 3.8) is 0 Å². The van der Waals surface area contributed by atoms with Crippen molar-refractivity contribution >= 4 is 18.2 Å². The number of thiol groups is 1. The Hall–Kier alpha value is -1.47. The van der Waals surface area contributed by atoms with Crippen LogP contribution in [0.2, 0.25) is 0 Å². The van der Waals surface area contributed by atoms with E-state index in [9.17, 15) is 0 Å². The largest absolute Gasteiger partial charge is 0.143 e. The average Bonchev–Trinajstić information content (AvgIpc) is 2.68. The molecule has 3 rings (SSSR count). The van der Waals surface area contributed by atoms with Crippen molar-refractivity contribution in [1.82, 2.24) is 0 Å². The maximum absolute atomic E-state index is 4.41. The van der Waals surface area contributed by atoms with Gasteiger partial charge < -0.3 is 0 Å². The fraction of sp³-hybridized carbons (Fsp3) is 0.222. The molecular weight excluding hydrogens is 248 g/mol. The minimum atomic E-state index is 0.665. The summed E-state index contributed by atoms with van der Waals surface area (Å²) in [6.45, 7) is 6.49. The third kappa shape index (κ3) is 2.48. The Bertz CT molecular complexity index is 629. The molecule has 1 aromatic carbocycles. The third-order valence-electron chi connectivity index (χ3n) is 3.87. The Morgan fingerprint density at radius 3 is 2.95 bits per heavy atom. The van der Waals surface area contributed by atoms with Gasteiger partial charge in [-0.05, 0) is 58.7 Å². The second-order valence-electron chi connectivity index (χ2n) is 5.44. The van der Waals surface area contributed by atoms with E-state index in [0.717, 1.165) is 23.3 Å². The lowest BCUT2D eigenvalue weighted by molar-refractivity contribution is 0.733. The molecular formula is C18H18S. The molecule has 0 radical (unpaired) electrons. The van der Waals surface area contributed by atoms with Crippen molar-refractivity contribution in [1.29, 1.82) is 0 Å². The van der Waals surface area contributed by atoms with E-state index < -0.39 is 0 Å². The Labute approximate surface area is 120 Å². The van der Waals surface area contributed by atoms with Crippen LogP contribution in [0.3, 0.4) is 0 Å². The molecule has 1 unspecified atom stereocenters. The maximum atomic E-state index is 4.41. The fourth-order valence-electron chi connectivity index (χ4n) is 2.70. The Kier molecular flexibility index (Phi) is 3.24. The van der Waals surface area contributed by atoms with E-state index in [2.05, 4.69) is 62.6 Å². The normalized spacial score (nSPS) is 23.7.